The van der Waals surface area contributed by atoms with Crippen LogP contribution in [0.4, 0.5) is 0 Å². The van der Waals surface area contributed by atoms with Crippen LogP contribution < -0.4 is 0 Å². The summed E-state index contributed by atoms with van der Waals surface area (Å²) in [5.41, 5.74) is 5.97. The van der Waals surface area contributed by atoms with Crippen molar-refractivity contribution in [3.63, 3.8) is 0 Å². The topological polar surface area (TPSA) is 30.7 Å². The Morgan fingerprint density at radius 2 is 1.78 bits per heavy atom. The van der Waals surface area contributed by atoms with E-state index in [2.05, 4.69) is 39.9 Å². The summed E-state index contributed by atoms with van der Waals surface area (Å²) in [4.78, 5) is 4.10. The fourth-order valence-corrected chi connectivity index (χ4v) is 3.24. The molecule has 3 nitrogen and oxygen atoms in total. The van der Waals surface area contributed by atoms with Gasteiger partial charge >= 0.3 is 0 Å². The molecule has 0 aliphatic carbocycles. The standard InChI is InChI=1S/C19H16ClN3/c1-13-10-16(14-2-4-17(20)5-3-14)11-19-18(12-22-23(13)19)15-6-8-21-9-7-15/h2-9,11-13H,10H2,1H3/t13-/m0/s1. The molecule has 3 aromatic rings. The van der Waals surface area contributed by atoms with Crippen molar-refractivity contribution >= 4 is 23.3 Å². The molecule has 0 spiro atoms. The highest BCUT2D eigenvalue weighted by Crippen LogP contribution is 2.37. The molecule has 0 saturated heterocycles. The van der Waals surface area contributed by atoms with Crippen LogP contribution >= 0.6 is 11.6 Å². The highest BCUT2D eigenvalue weighted by molar-refractivity contribution is 6.30. The van der Waals surface area contributed by atoms with Gasteiger partial charge in [-0.15, -0.1) is 0 Å². The number of pyridine rings is 1. The number of benzene rings is 1. The van der Waals surface area contributed by atoms with Gasteiger partial charge in [0.15, 0.2) is 0 Å². The lowest BCUT2D eigenvalue weighted by atomic mass is 9.93. The largest absolute Gasteiger partial charge is 0.265 e. The summed E-state index contributed by atoms with van der Waals surface area (Å²) in [5.74, 6) is 0. The van der Waals surface area contributed by atoms with E-state index in [-0.39, 0.29) is 0 Å². The van der Waals surface area contributed by atoms with Crippen molar-refractivity contribution in [1.29, 1.82) is 0 Å². The molecule has 0 bridgehead atoms. The van der Waals surface area contributed by atoms with Gasteiger partial charge in [0.1, 0.15) is 0 Å². The van der Waals surface area contributed by atoms with Crippen LogP contribution in [0.15, 0.2) is 55.0 Å². The van der Waals surface area contributed by atoms with Gasteiger partial charge in [-0.1, -0.05) is 23.7 Å². The number of nitrogens with zero attached hydrogens (tertiary/aromatic N) is 3. The van der Waals surface area contributed by atoms with E-state index in [4.69, 9.17) is 11.6 Å². The molecule has 0 unspecified atom stereocenters. The normalized spacial score (nSPS) is 16.8. The minimum Gasteiger partial charge on any atom is -0.265 e. The molecule has 0 saturated carbocycles. The Kier molecular flexibility index (Phi) is 3.50. The van der Waals surface area contributed by atoms with Gasteiger partial charge < -0.3 is 0 Å². The zero-order valence-corrected chi connectivity index (χ0v) is 13.5. The molecule has 1 aliphatic rings. The van der Waals surface area contributed by atoms with Gasteiger partial charge in [0.2, 0.25) is 0 Å². The van der Waals surface area contributed by atoms with Crippen LogP contribution in [0.25, 0.3) is 22.8 Å². The molecule has 1 atom stereocenters. The third-order valence-corrected chi connectivity index (χ3v) is 4.54. The Morgan fingerprint density at radius 3 is 2.52 bits per heavy atom. The molecule has 1 aromatic carbocycles. The molecule has 114 valence electrons. The van der Waals surface area contributed by atoms with Crippen molar-refractivity contribution in [2.45, 2.75) is 19.4 Å². The number of hydrogen-bond donors (Lipinski definition) is 0. The fourth-order valence-electron chi connectivity index (χ4n) is 3.11. The Morgan fingerprint density at radius 1 is 1.04 bits per heavy atom. The van der Waals surface area contributed by atoms with Crippen LogP contribution in [0.3, 0.4) is 0 Å². The van der Waals surface area contributed by atoms with Gasteiger partial charge in [-0.25, -0.2) is 0 Å². The predicted octanol–water partition coefficient (Wildman–Crippen LogP) is 5.10. The lowest BCUT2D eigenvalue weighted by molar-refractivity contribution is 0.492. The Balaban J connectivity index is 1.83. The monoisotopic (exact) mass is 321 g/mol. The van der Waals surface area contributed by atoms with Crippen molar-refractivity contribution < 1.29 is 0 Å². The quantitative estimate of drug-likeness (QED) is 0.657. The van der Waals surface area contributed by atoms with Gasteiger partial charge in [0.05, 0.1) is 17.9 Å². The summed E-state index contributed by atoms with van der Waals surface area (Å²) in [5, 5.41) is 5.35. The maximum Gasteiger partial charge on any atom is 0.0694 e. The Hall–Kier alpha value is -2.39. The average molecular weight is 322 g/mol. The van der Waals surface area contributed by atoms with Crippen molar-refractivity contribution in [3.05, 3.63) is 71.3 Å². The number of allylic oxidation sites excluding steroid dienone is 1. The van der Waals surface area contributed by atoms with Crippen LogP contribution in [0.1, 0.15) is 30.6 Å². The van der Waals surface area contributed by atoms with E-state index >= 15 is 0 Å². The molecule has 2 aromatic heterocycles. The first-order chi connectivity index (χ1) is 11.2. The lowest BCUT2D eigenvalue weighted by Gasteiger charge is -2.23. The van der Waals surface area contributed by atoms with Crippen molar-refractivity contribution in [2.75, 3.05) is 0 Å². The van der Waals surface area contributed by atoms with E-state index < -0.39 is 0 Å². The van der Waals surface area contributed by atoms with Gasteiger partial charge in [-0.05, 0) is 60.4 Å². The molecule has 0 amide bonds. The maximum atomic E-state index is 6.01. The number of rotatable bonds is 2. The number of aromatic nitrogens is 3. The summed E-state index contributed by atoms with van der Waals surface area (Å²) in [6.07, 6.45) is 8.78. The molecule has 0 N–H and O–H groups in total. The fraction of sp³-hybridized carbons (Fsp3) is 0.158. The molecule has 0 radical (unpaired) electrons. The predicted molar refractivity (Wildman–Crippen MR) is 94.1 cm³/mol. The molecule has 3 heterocycles. The van der Waals surface area contributed by atoms with Crippen LogP contribution in [0, 0.1) is 0 Å². The summed E-state index contributed by atoms with van der Waals surface area (Å²) < 4.78 is 2.11. The average Bonchev–Trinajstić information content (AvgIpc) is 3.01. The van der Waals surface area contributed by atoms with Gasteiger partial charge in [0.25, 0.3) is 0 Å². The van der Waals surface area contributed by atoms with Crippen LogP contribution in [-0.2, 0) is 0 Å². The smallest absolute Gasteiger partial charge is 0.0694 e. The van der Waals surface area contributed by atoms with Gasteiger partial charge in [-0.3, -0.25) is 9.67 Å². The second kappa shape index (κ2) is 5.67. The van der Waals surface area contributed by atoms with E-state index in [9.17, 15) is 0 Å². The van der Waals surface area contributed by atoms with E-state index in [1.165, 1.54) is 11.1 Å². The van der Waals surface area contributed by atoms with E-state index in [1.54, 1.807) is 0 Å². The first-order valence-corrected chi connectivity index (χ1v) is 8.04. The number of halogens is 1. The summed E-state index contributed by atoms with van der Waals surface area (Å²) in [6, 6.07) is 12.4. The minimum atomic E-state index is 0.330. The maximum absolute atomic E-state index is 6.01. The summed E-state index contributed by atoms with van der Waals surface area (Å²) >= 11 is 6.01. The minimum absolute atomic E-state index is 0.330. The second-order valence-electron chi connectivity index (χ2n) is 5.85. The third kappa shape index (κ3) is 2.57. The van der Waals surface area contributed by atoms with Crippen molar-refractivity contribution in [3.8, 4) is 11.1 Å². The molecular formula is C19H16ClN3. The van der Waals surface area contributed by atoms with E-state index in [1.807, 2.05) is 42.9 Å². The third-order valence-electron chi connectivity index (χ3n) is 4.28. The van der Waals surface area contributed by atoms with Crippen LogP contribution in [-0.4, -0.2) is 14.8 Å². The van der Waals surface area contributed by atoms with Crippen molar-refractivity contribution in [1.82, 2.24) is 14.8 Å². The Labute approximate surface area is 140 Å². The van der Waals surface area contributed by atoms with Gasteiger partial charge in [-0.2, -0.15) is 5.10 Å². The molecule has 4 heteroatoms. The van der Waals surface area contributed by atoms with Crippen LogP contribution in [0.5, 0.6) is 0 Å². The molecule has 23 heavy (non-hydrogen) atoms. The SMILES string of the molecule is C[C@H]1CC(c2ccc(Cl)cc2)=Cc2c(-c3ccncc3)cnn21. The van der Waals surface area contributed by atoms with Crippen molar-refractivity contribution in [2.24, 2.45) is 0 Å². The van der Waals surface area contributed by atoms with E-state index in [0.29, 0.717) is 6.04 Å². The first kappa shape index (κ1) is 14.2. The lowest BCUT2D eigenvalue weighted by Crippen LogP contribution is -2.13. The molecule has 4 rings (SSSR count). The highest BCUT2D eigenvalue weighted by Gasteiger charge is 2.22. The second-order valence-corrected chi connectivity index (χ2v) is 6.29. The molecule has 0 fully saturated rings. The first-order valence-electron chi connectivity index (χ1n) is 7.67. The molecule has 1 aliphatic heterocycles. The zero-order chi connectivity index (χ0) is 15.8. The van der Waals surface area contributed by atoms with Gasteiger partial charge in [0, 0.05) is 23.0 Å². The van der Waals surface area contributed by atoms with Crippen LogP contribution in [0.2, 0.25) is 5.02 Å². The summed E-state index contributed by atoms with van der Waals surface area (Å²) in [6.45, 7) is 2.20. The zero-order valence-electron chi connectivity index (χ0n) is 12.8. The van der Waals surface area contributed by atoms with E-state index in [0.717, 1.165) is 28.3 Å². The number of hydrogen-bond acceptors (Lipinski definition) is 2. The Bertz CT molecular complexity index is 863. The molecular weight excluding hydrogens is 306 g/mol. The highest BCUT2D eigenvalue weighted by atomic mass is 35.5. The summed E-state index contributed by atoms with van der Waals surface area (Å²) in [7, 11) is 0. The number of fused-ring (bicyclic) bond motifs is 1.